The van der Waals surface area contributed by atoms with E-state index in [1.54, 1.807) is 30.3 Å². The van der Waals surface area contributed by atoms with Gasteiger partial charge >= 0.3 is 5.97 Å². The zero-order chi connectivity index (χ0) is 15.0. The number of carbonyl (C=O) groups is 1. The number of hydrogen-bond acceptors (Lipinski definition) is 2. The molecule has 2 N–H and O–H groups in total. The SMILES string of the molecule is O=C(O)c1ccc(-c2ccc(F)c3ccccc23)c(O)c1. The van der Waals surface area contributed by atoms with Gasteiger partial charge in [0.2, 0.25) is 0 Å². The first-order valence-corrected chi connectivity index (χ1v) is 6.32. The van der Waals surface area contributed by atoms with Crippen LogP contribution in [0.5, 0.6) is 5.75 Å². The summed E-state index contributed by atoms with van der Waals surface area (Å²) in [6.45, 7) is 0. The lowest BCUT2D eigenvalue weighted by Crippen LogP contribution is -1.96. The normalized spacial score (nSPS) is 10.7. The molecule has 0 fully saturated rings. The van der Waals surface area contributed by atoms with Crippen LogP contribution in [0.15, 0.2) is 54.6 Å². The molecular formula is C17H11FO3. The number of phenols is 1. The van der Waals surface area contributed by atoms with Gasteiger partial charge in [-0.2, -0.15) is 0 Å². The van der Waals surface area contributed by atoms with Gasteiger partial charge in [-0.1, -0.05) is 30.3 Å². The Labute approximate surface area is 119 Å². The predicted octanol–water partition coefficient (Wildman–Crippen LogP) is 4.05. The Bertz CT molecular complexity index is 856. The topological polar surface area (TPSA) is 57.5 Å². The maximum absolute atomic E-state index is 13.8. The minimum absolute atomic E-state index is 0.00247. The van der Waals surface area contributed by atoms with Gasteiger partial charge in [-0.15, -0.1) is 0 Å². The van der Waals surface area contributed by atoms with E-state index in [0.29, 0.717) is 21.9 Å². The number of carboxylic acids is 1. The minimum Gasteiger partial charge on any atom is -0.507 e. The average molecular weight is 282 g/mol. The number of phenolic OH excluding ortho intramolecular Hbond substituents is 1. The molecule has 3 aromatic rings. The van der Waals surface area contributed by atoms with Crippen LogP contribution in [-0.4, -0.2) is 16.2 Å². The molecule has 3 nitrogen and oxygen atoms in total. The van der Waals surface area contributed by atoms with E-state index >= 15 is 0 Å². The molecule has 0 heterocycles. The van der Waals surface area contributed by atoms with Crippen LogP contribution in [0.4, 0.5) is 4.39 Å². The van der Waals surface area contributed by atoms with Gasteiger partial charge in [0.05, 0.1) is 5.56 Å². The first kappa shape index (κ1) is 13.1. The summed E-state index contributed by atoms with van der Waals surface area (Å²) in [6.07, 6.45) is 0. The highest BCUT2D eigenvalue weighted by atomic mass is 19.1. The lowest BCUT2D eigenvalue weighted by Gasteiger charge is -2.10. The number of aromatic carboxylic acids is 1. The van der Waals surface area contributed by atoms with Crippen LogP contribution in [0, 0.1) is 5.82 Å². The van der Waals surface area contributed by atoms with Crippen LogP contribution in [0.1, 0.15) is 10.4 Å². The van der Waals surface area contributed by atoms with E-state index in [1.807, 2.05) is 0 Å². The number of benzene rings is 3. The molecule has 21 heavy (non-hydrogen) atoms. The third-order valence-electron chi connectivity index (χ3n) is 3.41. The standard InChI is InChI=1S/C17H11FO3/c18-15-8-7-12(11-3-1-2-4-13(11)15)14-6-5-10(17(20)21)9-16(14)19/h1-9,19H,(H,20,21). The fourth-order valence-electron chi connectivity index (χ4n) is 2.39. The summed E-state index contributed by atoms with van der Waals surface area (Å²) in [5, 5.41) is 20.1. The van der Waals surface area contributed by atoms with E-state index in [9.17, 15) is 14.3 Å². The van der Waals surface area contributed by atoms with Crippen molar-refractivity contribution < 1.29 is 19.4 Å². The molecule has 0 unspecified atom stereocenters. The molecule has 0 spiro atoms. The van der Waals surface area contributed by atoms with E-state index in [4.69, 9.17) is 5.11 Å². The maximum atomic E-state index is 13.8. The molecule has 0 aliphatic carbocycles. The molecule has 3 aromatic carbocycles. The van der Waals surface area contributed by atoms with Crippen LogP contribution in [0.2, 0.25) is 0 Å². The van der Waals surface area contributed by atoms with Crippen LogP contribution < -0.4 is 0 Å². The number of fused-ring (bicyclic) bond motifs is 1. The molecule has 104 valence electrons. The van der Waals surface area contributed by atoms with Gasteiger partial charge in [-0.25, -0.2) is 9.18 Å². The zero-order valence-electron chi connectivity index (χ0n) is 10.9. The van der Waals surface area contributed by atoms with Crippen molar-refractivity contribution in [3.63, 3.8) is 0 Å². The summed E-state index contributed by atoms with van der Waals surface area (Å²) in [6, 6.07) is 14.0. The number of carboxylic acid groups (broad SMARTS) is 1. The number of aromatic hydroxyl groups is 1. The number of halogens is 1. The van der Waals surface area contributed by atoms with Crippen LogP contribution >= 0.6 is 0 Å². The van der Waals surface area contributed by atoms with Crippen molar-refractivity contribution in [1.82, 2.24) is 0 Å². The fraction of sp³-hybridized carbons (Fsp3) is 0. The molecule has 0 bridgehead atoms. The summed E-state index contributed by atoms with van der Waals surface area (Å²) in [5.74, 6) is -1.59. The Hall–Kier alpha value is -2.88. The molecule has 0 atom stereocenters. The Morgan fingerprint density at radius 3 is 2.24 bits per heavy atom. The van der Waals surface area contributed by atoms with Crippen molar-refractivity contribution in [2.24, 2.45) is 0 Å². The van der Waals surface area contributed by atoms with Gasteiger partial charge < -0.3 is 10.2 Å². The van der Waals surface area contributed by atoms with E-state index in [0.717, 1.165) is 0 Å². The first-order chi connectivity index (χ1) is 10.1. The molecule has 0 aliphatic heterocycles. The van der Waals surface area contributed by atoms with Crippen LogP contribution in [0.25, 0.3) is 21.9 Å². The smallest absolute Gasteiger partial charge is 0.335 e. The summed E-state index contributed by atoms with van der Waals surface area (Å²) < 4.78 is 13.8. The lowest BCUT2D eigenvalue weighted by atomic mass is 9.96. The molecule has 0 saturated carbocycles. The highest BCUT2D eigenvalue weighted by Gasteiger charge is 2.13. The van der Waals surface area contributed by atoms with Crippen LogP contribution in [-0.2, 0) is 0 Å². The van der Waals surface area contributed by atoms with E-state index in [-0.39, 0.29) is 17.1 Å². The molecule has 0 amide bonds. The van der Waals surface area contributed by atoms with Crippen molar-refractivity contribution in [1.29, 1.82) is 0 Å². The van der Waals surface area contributed by atoms with Crippen molar-refractivity contribution in [3.8, 4) is 16.9 Å². The van der Waals surface area contributed by atoms with Gasteiger partial charge in [0.15, 0.2) is 0 Å². The first-order valence-electron chi connectivity index (χ1n) is 6.32. The summed E-state index contributed by atoms with van der Waals surface area (Å²) >= 11 is 0. The third kappa shape index (κ3) is 2.21. The Balaban J connectivity index is 2.26. The molecule has 0 saturated heterocycles. The molecule has 4 heteroatoms. The maximum Gasteiger partial charge on any atom is 0.335 e. The van der Waals surface area contributed by atoms with Crippen molar-refractivity contribution in [2.75, 3.05) is 0 Å². The van der Waals surface area contributed by atoms with Gasteiger partial charge in [0.25, 0.3) is 0 Å². The van der Waals surface area contributed by atoms with Gasteiger partial charge in [-0.3, -0.25) is 0 Å². The summed E-state index contributed by atoms with van der Waals surface area (Å²) in [4.78, 5) is 10.9. The van der Waals surface area contributed by atoms with Crippen molar-refractivity contribution in [2.45, 2.75) is 0 Å². The fourth-order valence-corrected chi connectivity index (χ4v) is 2.39. The second kappa shape index (κ2) is 4.90. The summed E-state index contributed by atoms with van der Waals surface area (Å²) in [7, 11) is 0. The molecule has 3 rings (SSSR count). The van der Waals surface area contributed by atoms with E-state index in [2.05, 4.69) is 0 Å². The Morgan fingerprint density at radius 2 is 1.57 bits per heavy atom. The van der Waals surface area contributed by atoms with Crippen molar-refractivity contribution in [3.05, 3.63) is 66.0 Å². The predicted molar refractivity (Wildman–Crippen MR) is 78.0 cm³/mol. The highest BCUT2D eigenvalue weighted by Crippen LogP contribution is 2.35. The zero-order valence-corrected chi connectivity index (χ0v) is 10.9. The molecular weight excluding hydrogens is 271 g/mol. The van der Waals surface area contributed by atoms with E-state index < -0.39 is 5.97 Å². The average Bonchev–Trinajstić information content (AvgIpc) is 2.48. The quantitative estimate of drug-likeness (QED) is 0.745. The second-order valence-electron chi connectivity index (χ2n) is 4.68. The van der Waals surface area contributed by atoms with Crippen LogP contribution in [0.3, 0.4) is 0 Å². The van der Waals surface area contributed by atoms with Crippen molar-refractivity contribution >= 4 is 16.7 Å². The molecule has 0 aliphatic rings. The largest absolute Gasteiger partial charge is 0.507 e. The summed E-state index contributed by atoms with van der Waals surface area (Å²) in [5.41, 5.74) is 1.13. The van der Waals surface area contributed by atoms with E-state index in [1.165, 1.54) is 24.3 Å². The minimum atomic E-state index is -1.11. The second-order valence-corrected chi connectivity index (χ2v) is 4.68. The Kier molecular flexibility index (Phi) is 3.06. The van der Waals surface area contributed by atoms with Gasteiger partial charge in [0.1, 0.15) is 11.6 Å². The highest BCUT2D eigenvalue weighted by molar-refractivity contribution is 5.99. The molecule has 0 radical (unpaired) electrons. The number of hydrogen-bond donors (Lipinski definition) is 2. The monoisotopic (exact) mass is 282 g/mol. The third-order valence-corrected chi connectivity index (χ3v) is 3.41. The van der Waals surface area contributed by atoms with Gasteiger partial charge in [-0.05, 0) is 35.2 Å². The molecule has 0 aromatic heterocycles. The van der Waals surface area contributed by atoms with Gasteiger partial charge in [0, 0.05) is 10.9 Å². The lowest BCUT2D eigenvalue weighted by molar-refractivity contribution is 0.0696. The number of rotatable bonds is 2. The Morgan fingerprint density at radius 1 is 0.905 bits per heavy atom.